The van der Waals surface area contributed by atoms with Gasteiger partial charge in [0.1, 0.15) is 0 Å². The van der Waals surface area contributed by atoms with Gasteiger partial charge >= 0.3 is 5.97 Å². The fourth-order valence-corrected chi connectivity index (χ4v) is 1.64. The smallest absolute Gasteiger partial charge is 0.333 e. The Bertz CT molecular complexity index is 487. The lowest BCUT2D eigenvalue weighted by Gasteiger charge is -2.12. The Morgan fingerprint density at radius 1 is 1.71 bits per heavy atom. The van der Waals surface area contributed by atoms with Gasteiger partial charge in [-0.2, -0.15) is 5.10 Å². The Labute approximate surface area is 96.8 Å². The van der Waals surface area contributed by atoms with Crippen LogP contribution < -0.4 is 0 Å². The molecule has 17 heavy (non-hydrogen) atoms. The van der Waals surface area contributed by atoms with E-state index in [4.69, 9.17) is 4.74 Å². The third kappa shape index (κ3) is 2.03. The van der Waals surface area contributed by atoms with Gasteiger partial charge in [-0.1, -0.05) is 0 Å². The van der Waals surface area contributed by atoms with Crippen molar-refractivity contribution in [3.63, 3.8) is 0 Å². The first-order valence-corrected chi connectivity index (χ1v) is 5.04. The lowest BCUT2D eigenvalue weighted by atomic mass is 10.3. The van der Waals surface area contributed by atoms with E-state index >= 15 is 0 Å². The number of nitrogens with zero attached hydrogens (tertiary/aromatic N) is 3. The van der Waals surface area contributed by atoms with Crippen molar-refractivity contribution in [3.05, 3.63) is 34.3 Å². The topological polar surface area (TPSA) is 87.3 Å². The van der Waals surface area contributed by atoms with Gasteiger partial charge in [0.15, 0.2) is 5.54 Å². The number of esters is 1. The van der Waals surface area contributed by atoms with Crippen molar-refractivity contribution in [3.8, 4) is 0 Å². The Morgan fingerprint density at radius 2 is 2.41 bits per heavy atom. The van der Waals surface area contributed by atoms with E-state index < -0.39 is 10.5 Å². The summed E-state index contributed by atoms with van der Waals surface area (Å²) in [6, 6.07) is 0. The zero-order valence-electron chi connectivity index (χ0n) is 9.20. The minimum atomic E-state index is -0.699. The average Bonchev–Trinajstić information content (AvgIpc) is 2.98. The third-order valence-corrected chi connectivity index (χ3v) is 2.72. The van der Waals surface area contributed by atoms with Gasteiger partial charge in [-0.25, -0.2) is 4.79 Å². The molecule has 0 saturated heterocycles. The summed E-state index contributed by atoms with van der Waals surface area (Å²) in [5.41, 5.74) is -0.119. The van der Waals surface area contributed by atoms with Crippen LogP contribution in [0.15, 0.2) is 18.6 Å². The predicted octanol–water partition coefficient (Wildman–Crippen LogP) is 0.793. The minimum Gasteiger partial charge on any atom is -0.467 e. The number of rotatable bonds is 4. The lowest BCUT2D eigenvalue weighted by molar-refractivity contribution is -0.400. The molecule has 1 aliphatic carbocycles. The highest BCUT2D eigenvalue weighted by Gasteiger charge is 2.53. The molecule has 0 radical (unpaired) electrons. The van der Waals surface area contributed by atoms with E-state index in [1.165, 1.54) is 24.1 Å². The second-order valence-corrected chi connectivity index (χ2v) is 3.84. The molecule has 1 aromatic rings. The van der Waals surface area contributed by atoms with E-state index in [2.05, 4.69) is 5.10 Å². The van der Waals surface area contributed by atoms with Crippen LogP contribution in [0.25, 0.3) is 6.08 Å². The maximum absolute atomic E-state index is 11.6. The summed E-state index contributed by atoms with van der Waals surface area (Å²) in [5, 5.41) is 14.2. The molecule has 0 aliphatic heterocycles. The highest BCUT2D eigenvalue weighted by atomic mass is 16.6. The van der Waals surface area contributed by atoms with Gasteiger partial charge in [0, 0.05) is 17.8 Å². The van der Waals surface area contributed by atoms with Crippen LogP contribution in [0.3, 0.4) is 0 Å². The van der Waals surface area contributed by atoms with Gasteiger partial charge in [-0.3, -0.25) is 14.8 Å². The molecule has 1 fully saturated rings. The highest BCUT2D eigenvalue weighted by molar-refractivity contribution is 5.81. The number of nitro groups is 1. The number of ether oxygens (including phenoxy) is 1. The summed E-state index contributed by atoms with van der Waals surface area (Å²) in [5.74, 6) is -0.328. The van der Waals surface area contributed by atoms with Crippen LogP contribution in [0.2, 0.25) is 0 Å². The molecule has 1 saturated carbocycles. The second-order valence-electron chi connectivity index (χ2n) is 3.84. The molecule has 0 bridgehead atoms. The molecule has 1 aromatic heterocycles. The first-order chi connectivity index (χ1) is 8.08. The van der Waals surface area contributed by atoms with Crippen LogP contribution in [0.4, 0.5) is 0 Å². The lowest BCUT2D eigenvalue weighted by Crippen LogP contribution is -2.29. The molecule has 0 N–H and O–H groups in total. The van der Waals surface area contributed by atoms with Gasteiger partial charge < -0.3 is 4.74 Å². The molecule has 0 spiro atoms. The highest BCUT2D eigenvalue weighted by Crippen LogP contribution is 2.44. The number of hydrogen-bond donors (Lipinski definition) is 0. The summed E-state index contributed by atoms with van der Waals surface area (Å²) in [6.45, 7) is 0. The van der Waals surface area contributed by atoms with Crippen molar-refractivity contribution >= 4 is 12.0 Å². The van der Waals surface area contributed by atoms with Crippen molar-refractivity contribution in [2.24, 2.45) is 0 Å². The summed E-state index contributed by atoms with van der Waals surface area (Å²) < 4.78 is 6.23. The van der Waals surface area contributed by atoms with Crippen molar-refractivity contribution in [2.45, 2.75) is 18.4 Å². The minimum absolute atomic E-state index is 0.328. The van der Waals surface area contributed by atoms with Crippen molar-refractivity contribution in [2.75, 3.05) is 7.11 Å². The maximum atomic E-state index is 11.6. The largest absolute Gasteiger partial charge is 0.467 e. The van der Waals surface area contributed by atoms with Crippen LogP contribution in [0.1, 0.15) is 18.4 Å². The second kappa shape index (κ2) is 4.00. The SMILES string of the molecule is COC(=O)C1(n2cc(C=C[N+](=O)[O-])cn2)CC1. The third-order valence-electron chi connectivity index (χ3n) is 2.72. The molecular weight excluding hydrogens is 226 g/mol. The van der Waals surface area contributed by atoms with Crippen LogP contribution in [0.5, 0.6) is 0 Å². The Morgan fingerprint density at radius 3 is 2.94 bits per heavy atom. The van der Waals surface area contributed by atoms with E-state index in [0.717, 1.165) is 6.20 Å². The number of carbonyl (C=O) groups excluding carboxylic acids is 1. The Hall–Kier alpha value is -2.18. The van der Waals surface area contributed by atoms with E-state index in [-0.39, 0.29) is 5.97 Å². The summed E-state index contributed by atoms with van der Waals surface area (Å²) in [6.07, 6.45) is 6.60. The monoisotopic (exact) mass is 237 g/mol. The van der Waals surface area contributed by atoms with Crippen LogP contribution in [-0.2, 0) is 15.1 Å². The number of hydrogen-bond acceptors (Lipinski definition) is 5. The number of aromatic nitrogens is 2. The average molecular weight is 237 g/mol. The molecule has 0 amide bonds. The molecular formula is C10H11N3O4. The first kappa shape index (κ1) is 11.3. The van der Waals surface area contributed by atoms with Gasteiger partial charge in [0.2, 0.25) is 6.20 Å². The number of methoxy groups -OCH3 is 1. The molecule has 2 rings (SSSR count). The zero-order chi connectivity index (χ0) is 12.5. The predicted molar refractivity (Wildman–Crippen MR) is 57.5 cm³/mol. The van der Waals surface area contributed by atoms with E-state index in [1.54, 1.807) is 6.20 Å². The summed E-state index contributed by atoms with van der Waals surface area (Å²) in [4.78, 5) is 21.2. The van der Waals surface area contributed by atoms with Crippen LogP contribution in [-0.4, -0.2) is 27.8 Å². The van der Waals surface area contributed by atoms with Gasteiger partial charge in [0.25, 0.3) is 0 Å². The van der Waals surface area contributed by atoms with Gasteiger partial charge in [-0.15, -0.1) is 0 Å². The molecule has 1 heterocycles. The van der Waals surface area contributed by atoms with Crippen molar-refractivity contribution < 1.29 is 14.5 Å². The molecule has 7 heteroatoms. The standard InChI is InChI=1S/C10H11N3O4/c1-17-9(14)10(3-4-10)12-7-8(6-11-12)2-5-13(15)16/h2,5-7H,3-4H2,1H3. The van der Waals surface area contributed by atoms with E-state index in [0.29, 0.717) is 18.4 Å². The maximum Gasteiger partial charge on any atom is 0.333 e. The molecule has 0 atom stereocenters. The molecule has 0 aromatic carbocycles. The van der Waals surface area contributed by atoms with E-state index in [9.17, 15) is 14.9 Å². The van der Waals surface area contributed by atoms with E-state index in [1.807, 2.05) is 0 Å². The van der Waals surface area contributed by atoms with Crippen LogP contribution >= 0.6 is 0 Å². The molecule has 7 nitrogen and oxygen atoms in total. The van der Waals surface area contributed by atoms with Gasteiger partial charge in [-0.05, 0) is 12.8 Å². The zero-order valence-corrected chi connectivity index (χ0v) is 9.20. The van der Waals surface area contributed by atoms with Crippen LogP contribution in [0, 0.1) is 10.1 Å². The first-order valence-electron chi connectivity index (χ1n) is 5.04. The fraction of sp³-hybridized carbons (Fsp3) is 0.400. The molecule has 1 aliphatic rings. The fourth-order valence-electron chi connectivity index (χ4n) is 1.64. The molecule has 90 valence electrons. The normalized spacial score (nSPS) is 17.0. The number of carbonyl (C=O) groups is 1. The summed E-state index contributed by atoms with van der Waals surface area (Å²) in [7, 11) is 1.33. The van der Waals surface area contributed by atoms with Gasteiger partial charge in [0.05, 0.1) is 18.2 Å². The van der Waals surface area contributed by atoms with Crippen molar-refractivity contribution in [1.29, 1.82) is 0 Å². The summed E-state index contributed by atoms with van der Waals surface area (Å²) >= 11 is 0. The Kier molecular flexibility index (Phi) is 2.66. The van der Waals surface area contributed by atoms with Crippen molar-refractivity contribution in [1.82, 2.24) is 9.78 Å². The Balaban J connectivity index is 2.19. The quantitative estimate of drug-likeness (QED) is 0.439. The molecule has 0 unspecified atom stereocenters.